The van der Waals surface area contributed by atoms with E-state index in [0.29, 0.717) is 28.8 Å². The number of aromatic nitrogens is 2. The smallest absolute Gasteiger partial charge is 0.258 e. The van der Waals surface area contributed by atoms with Crippen molar-refractivity contribution >= 4 is 34.0 Å². The molecule has 0 atom stereocenters. The Morgan fingerprint density at radius 3 is 2.43 bits per heavy atom. The molecule has 0 radical (unpaired) electrons. The van der Waals surface area contributed by atoms with Crippen LogP contribution in [0.2, 0.25) is 0 Å². The topological polar surface area (TPSA) is 96.5 Å². The van der Waals surface area contributed by atoms with Gasteiger partial charge in [0.15, 0.2) is 5.82 Å². The Morgan fingerprint density at radius 1 is 0.952 bits per heavy atom. The summed E-state index contributed by atoms with van der Waals surface area (Å²) in [6, 6.07) is 15.2. The van der Waals surface area contributed by atoms with Gasteiger partial charge >= 0.3 is 0 Å². The summed E-state index contributed by atoms with van der Waals surface area (Å²) < 4.78 is 27.4. The molecule has 0 spiro atoms. The summed E-state index contributed by atoms with van der Waals surface area (Å²) in [4.78, 5) is 18.3. The molecule has 1 aliphatic heterocycles. The van der Waals surface area contributed by atoms with Gasteiger partial charge in [0, 0.05) is 55.0 Å². The summed E-state index contributed by atoms with van der Waals surface area (Å²) in [7, 11) is 2.12. The molecule has 10 heteroatoms. The molecule has 2 aliphatic rings. The number of amides is 1. The van der Waals surface area contributed by atoms with Gasteiger partial charge in [-0.25, -0.2) is 8.78 Å². The molecule has 2 heterocycles. The van der Waals surface area contributed by atoms with E-state index in [1.807, 2.05) is 30.3 Å². The average molecular weight is 575 g/mol. The highest BCUT2D eigenvalue weighted by Crippen LogP contribution is 2.30. The van der Waals surface area contributed by atoms with E-state index >= 15 is 0 Å². The lowest BCUT2D eigenvalue weighted by Crippen LogP contribution is -2.44. The summed E-state index contributed by atoms with van der Waals surface area (Å²) in [6.07, 6.45) is 3.22. The van der Waals surface area contributed by atoms with Crippen LogP contribution in [0.25, 0.3) is 10.9 Å². The Morgan fingerprint density at radius 2 is 1.69 bits per heavy atom. The zero-order valence-corrected chi connectivity index (χ0v) is 23.7. The number of anilines is 3. The van der Waals surface area contributed by atoms with Crippen LogP contribution in [0.1, 0.15) is 47.2 Å². The van der Waals surface area contributed by atoms with Gasteiger partial charge in [0.2, 0.25) is 0 Å². The number of fused-ring (bicyclic) bond motifs is 1. The van der Waals surface area contributed by atoms with E-state index in [-0.39, 0.29) is 18.1 Å². The SMILES string of the molecule is CN1CCN(c2ccc(C(=O)Nc3n[nH]c4ccc(Cc5cc(F)cc(F)c5)cc34)c(NC3CCC(O)CC3)c2)CC1. The summed E-state index contributed by atoms with van der Waals surface area (Å²) in [6.45, 7) is 3.80. The van der Waals surface area contributed by atoms with Crippen LogP contribution in [0.3, 0.4) is 0 Å². The van der Waals surface area contributed by atoms with Crippen molar-refractivity contribution in [2.45, 2.75) is 44.2 Å². The fourth-order valence-corrected chi connectivity index (χ4v) is 5.94. The molecule has 0 unspecified atom stereocenters. The predicted molar refractivity (Wildman–Crippen MR) is 161 cm³/mol. The third-order valence-corrected chi connectivity index (χ3v) is 8.36. The van der Waals surface area contributed by atoms with Gasteiger partial charge in [-0.1, -0.05) is 6.07 Å². The number of hydrogen-bond donors (Lipinski definition) is 4. The van der Waals surface area contributed by atoms with Crippen molar-refractivity contribution in [3.05, 3.63) is 82.9 Å². The Hall–Kier alpha value is -4.02. The predicted octanol–water partition coefficient (Wildman–Crippen LogP) is 5.15. The molecule has 1 saturated heterocycles. The van der Waals surface area contributed by atoms with Gasteiger partial charge in [0.25, 0.3) is 5.91 Å². The van der Waals surface area contributed by atoms with Crippen LogP contribution in [0.5, 0.6) is 0 Å². The Labute approximate surface area is 243 Å². The van der Waals surface area contributed by atoms with Crippen molar-refractivity contribution in [2.24, 2.45) is 0 Å². The lowest BCUT2D eigenvalue weighted by molar-refractivity contribution is 0.102. The fraction of sp³-hybridized carbons (Fsp3) is 0.375. The molecule has 1 saturated carbocycles. The first-order valence-corrected chi connectivity index (χ1v) is 14.6. The van der Waals surface area contributed by atoms with Crippen molar-refractivity contribution in [1.29, 1.82) is 0 Å². The number of piperazine rings is 1. The van der Waals surface area contributed by atoms with Crippen LogP contribution in [-0.4, -0.2) is 71.5 Å². The first-order chi connectivity index (χ1) is 20.3. The van der Waals surface area contributed by atoms with Crippen molar-refractivity contribution in [1.82, 2.24) is 15.1 Å². The lowest BCUT2D eigenvalue weighted by atomic mass is 9.92. The highest BCUT2D eigenvalue weighted by atomic mass is 19.1. The van der Waals surface area contributed by atoms with Crippen LogP contribution < -0.4 is 15.5 Å². The minimum Gasteiger partial charge on any atom is -0.393 e. The van der Waals surface area contributed by atoms with Crippen molar-refractivity contribution in [3.8, 4) is 0 Å². The second kappa shape index (κ2) is 12.1. The lowest BCUT2D eigenvalue weighted by Gasteiger charge is -2.35. The molecule has 3 aromatic carbocycles. The molecular weight excluding hydrogens is 538 g/mol. The Kier molecular flexibility index (Phi) is 8.08. The first kappa shape index (κ1) is 28.1. The van der Waals surface area contributed by atoms with E-state index in [1.54, 1.807) is 0 Å². The number of hydrogen-bond acceptors (Lipinski definition) is 6. The zero-order chi connectivity index (χ0) is 29.2. The molecule has 4 aromatic rings. The van der Waals surface area contributed by atoms with Gasteiger partial charge in [-0.3, -0.25) is 9.89 Å². The van der Waals surface area contributed by atoms with E-state index in [1.165, 1.54) is 12.1 Å². The van der Waals surface area contributed by atoms with Crippen molar-refractivity contribution < 1.29 is 18.7 Å². The van der Waals surface area contributed by atoms with E-state index in [2.05, 4.69) is 43.7 Å². The highest BCUT2D eigenvalue weighted by Gasteiger charge is 2.23. The maximum atomic E-state index is 13.7. The van der Waals surface area contributed by atoms with E-state index in [0.717, 1.165) is 80.4 Å². The number of nitrogens with zero attached hydrogens (tertiary/aromatic N) is 3. The van der Waals surface area contributed by atoms with Gasteiger partial charge in [-0.15, -0.1) is 0 Å². The maximum absolute atomic E-state index is 13.7. The molecule has 42 heavy (non-hydrogen) atoms. The minimum absolute atomic E-state index is 0.170. The number of aliphatic hydroxyl groups is 1. The first-order valence-electron chi connectivity index (χ1n) is 14.6. The molecule has 4 N–H and O–H groups in total. The van der Waals surface area contributed by atoms with Crippen molar-refractivity contribution in [3.63, 3.8) is 0 Å². The number of benzene rings is 3. The quantitative estimate of drug-likeness (QED) is 0.244. The Bertz CT molecular complexity index is 1550. The van der Waals surface area contributed by atoms with Crippen molar-refractivity contribution in [2.75, 3.05) is 48.8 Å². The number of H-pyrrole nitrogens is 1. The molecule has 1 amide bonds. The number of halogens is 2. The third-order valence-electron chi connectivity index (χ3n) is 8.36. The standard InChI is InChI=1S/C32H36F2N6O2/c1-39-10-12-40(13-11-39)25-5-8-27(30(19-25)35-24-3-6-26(41)7-4-24)32(42)36-31-28-17-20(2-9-29(28)37-38-31)14-21-15-22(33)18-23(34)16-21/h2,5,8-9,15-19,24,26,35,41H,3-4,6-7,10-14H2,1H3,(H2,36,37,38,42). The van der Waals surface area contributed by atoms with Crippen LogP contribution >= 0.6 is 0 Å². The molecule has 0 bridgehead atoms. The molecule has 8 nitrogen and oxygen atoms in total. The third kappa shape index (κ3) is 6.39. The van der Waals surface area contributed by atoms with E-state index in [9.17, 15) is 18.7 Å². The number of aliphatic hydroxyl groups excluding tert-OH is 1. The maximum Gasteiger partial charge on any atom is 0.258 e. The molecule has 1 aromatic heterocycles. The number of aromatic amines is 1. The summed E-state index contributed by atoms with van der Waals surface area (Å²) >= 11 is 0. The summed E-state index contributed by atoms with van der Waals surface area (Å²) in [5, 5.41) is 24.6. The number of carbonyl (C=O) groups is 1. The fourth-order valence-electron chi connectivity index (χ4n) is 5.94. The van der Waals surface area contributed by atoms with Crippen LogP contribution in [-0.2, 0) is 6.42 Å². The Balaban J connectivity index is 1.25. The minimum atomic E-state index is -0.616. The molecule has 2 fully saturated rings. The van der Waals surface area contributed by atoms with Gasteiger partial charge < -0.3 is 25.5 Å². The largest absolute Gasteiger partial charge is 0.393 e. The van der Waals surface area contributed by atoms with Crippen LogP contribution in [0.4, 0.5) is 26.0 Å². The van der Waals surface area contributed by atoms with E-state index in [4.69, 9.17) is 0 Å². The number of likely N-dealkylation sites (N-methyl/N-ethyl adjacent to an activating group) is 1. The second-order valence-corrected chi connectivity index (χ2v) is 11.5. The molecule has 6 rings (SSSR count). The zero-order valence-electron chi connectivity index (χ0n) is 23.7. The number of carbonyl (C=O) groups excluding carboxylic acids is 1. The molecule has 220 valence electrons. The molecule has 1 aliphatic carbocycles. The van der Waals surface area contributed by atoms with Gasteiger partial charge in [0.05, 0.1) is 17.2 Å². The average Bonchev–Trinajstić information content (AvgIpc) is 3.36. The number of rotatable bonds is 7. The monoisotopic (exact) mass is 574 g/mol. The number of nitrogens with one attached hydrogen (secondary N) is 3. The highest BCUT2D eigenvalue weighted by molar-refractivity contribution is 6.11. The van der Waals surface area contributed by atoms with Crippen LogP contribution in [0.15, 0.2) is 54.6 Å². The van der Waals surface area contributed by atoms with Gasteiger partial charge in [-0.05, 0) is 92.7 Å². The summed E-state index contributed by atoms with van der Waals surface area (Å²) in [5.41, 5.74) is 4.45. The summed E-state index contributed by atoms with van der Waals surface area (Å²) in [5.74, 6) is -1.13. The molecular formula is C32H36F2N6O2. The van der Waals surface area contributed by atoms with Gasteiger partial charge in [0.1, 0.15) is 11.6 Å². The normalized spacial score (nSPS) is 19.7. The van der Waals surface area contributed by atoms with E-state index < -0.39 is 11.6 Å². The second-order valence-electron chi connectivity index (χ2n) is 11.5. The van der Waals surface area contributed by atoms with Gasteiger partial charge in [-0.2, -0.15) is 5.10 Å². The van der Waals surface area contributed by atoms with Crippen LogP contribution in [0, 0.1) is 11.6 Å².